The van der Waals surface area contributed by atoms with E-state index < -0.39 is 45.2 Å². The number of thioether (sulfide) groups is 1. The van der Waals surface area contributed by atoms with Crippen LogP contribution in [0.25, 0.3) is 0 Å². The van der Waals surface area contributed by atoms with E-state index in [1.54, 1.807) is 0 Å². The highest BCUT2D eigenvalue weighted by atomic mass is 32.2. The lowest BCUT2D eigenvalue weighted by Gasteiger charge is -2.07. The molecule has 0 saturated carbocycles. The molecule has 1 rings (SSSR count). The van der Waals surface area contributed by atoms with E-state index in [2.05, 4.69) is 5.32 Å². The van der Waals surface area contributed by atoms with Crippen molar-refractivity contribution in [2.24, 2.45) is 0 Å². The Bertz CT molecular complexity index is 646. The molecule has 0 heterocycles. The van der Waals surface area contributed by atoms with Crippen LogP contribution in [-0.2, 0) is 14.3 Å². The van der Waals surface area contributed by atoms with E-state index in [0.29, 0.717) is 25.8 Å². The van der Waals surface area contributed by atoms with Crippen LogP contribution in [0.15, 0.2) is 4.90 Å². The van der Waals surface area contributed by atoms with E-state index in [9.17, 15) is 31.5 Å². The number of alkyl carbamates (subject to hydrolysis) is 1. The largest absolute Gasteiger partial charge is 0.447 e. The van der Waals surface area contributed by atoms with Gasteiger partial charge in [-0.3, -0.25) is 4.79 Å². The van der Waals surface area contributed by atoms with Crippen LogP contribution >= 0.6 is 11.8 Å². The van der Waals surface area contributed by atoms with Gasteiger partial charge in [-0.1, -0.05) is 6.42 Å². The smallest absolute Gasteiger partial charge is 0.407 e. The second kappa shape index (κ2) is 11.8. The minimum absolute atomic E-state index is 0.0234. The first kappa shape index (κ1) is 23.2. The van der Waals surface area contributed by atoms with Crippen molar-refractivity contribution in [3.8, 4) is 0 Å². The van der Waals surface area contributed by atoms with Crippen molar-refractivity contribution in [2.75, 3.05) is 26.9 Å². The van der Waals surface area contributed by atoms with Crippen LogP contribution in [0.4, 0.5) is 26.7 Å². The van der Waals surface area contributed by atoms with Crippen LogP contribution in [-0.4, -0.2) is 38.1 Å². The van der Waals surface area contributed by atoms with Gasteiger partial charge in [0.15, 0.2) is 28.4 Å². The van der Waals surface area contributed by atoms with Gasteiger partial charge < -0.3 is 14.8 Å². The Morgan fingerprint density at radius 2 is 1.48 bits per heavy atom. The molecular weight excluding hydrogens is 397 g/mol. The second-order valence-corrected chi connectivity index (χ2v) is 6.31. The minimum atomic E-state index is -2.27. The topological polar surface area (TPSA) is 64.6 Å². The zero-order valence-electron chi connectivity index (χ0n) is 14.4. The van der Waals surface area contributed by atoms with Crippen molar-refractivity contribution < 1.29 is 41.0 Å². The SMILES string of the molecule is COCCOC(=O)NCCCCCC(=O)Sc1c(F)c(F)c(F)c(F)c1F. The lowest BCUT2D eigenvalue weighted by atomic mass is 10.2. The molecule has 0 saturated heterocycles. The van der Waals surface area contributed by atoms with E-state index in [4.69, 9.17) is 9.47 Å². The average molecular weight is 415 g/mol. The molecule has 0 bridgehead atoms. The Labute approximate surface area is 156 Å². The fourth-order valence-electron chi connectivity index (χ4n) is 1.87. The number of unbranched alkanes of at least 4 members (excludes halogenated alkanes) is 2. The predicted octanol–water partition coefficient (Wildman–Crippen LogP) is 3.93. The molecule has 0 aliphatic heterocycles. The molecule has 27 heavy (non-hydrogen) atoms. The van der Waals surface area contributed by atoms with Gasteiger partial charge in [0.2, 0.25) is 5.82 Å². The van der Waals surface area contributed by atoms with E-state index in [0.717, 1.165) is 0 Å². The van der Waals surface area contributed by atoms with Gasteiger partial charge >= 0.3 is 6.09 Å². The van der Waals surface area contributed by atoms with Crippen LogP contribution < -0.4 is 5.32 Å². The van der Waals surface area contributed by atoms with Crippen LogP contribution in [0.2, 0.25) is 0 Å². The highest BCUT2D eigenvalue weighted by Gasteiger charge is 2.27. The van der Waals surface area contributed by atoms with Crippen LogP contribution in [0.1, 0.15) is 25.7 Å². The first-order valence-electron chi connectivity index (χ1n) is 7.91. The number of benzene rings is 1. The minimum Gasteiger partial charge on any atom is -0.447 e. The maximum Gasteiger partial charge on any atom is 0.407 e. The molecule has 0 atom stereocenters. The second-order valence-electron chi connectivity index (χ2n) is 5.24. The molecule has 152 valence electrons. The monoisotopic (exact) mass is 415 g/mol. The third-order valence-electron chi connectivity index (χ3n) is 3.23. The summed E-state index contributed by atoms with van der Waals surface area (Å²) in [5.41, 5.74) is 0. The Morgan fingerprint density at radius 3 is 2.07 bits per heavy atom. The van der Waals surface area contributed by atoms with E-state index in [1.165, 1.54) is 7.11 Å². The maximum absolute atomic E-state index is 13.5. The summed E-state index contributed by atoms with van der Waals surface area (Å²) in [6.07, 6.45) is 0.607. The highest BCUT2D eigenvalue weighted by Crippen LogP contribution is 2.32. The number of nitrogens with one attached hydrogen (secondary N) is 1. The Morgan fingerprint density at radius 1 is 0.889 bits per heavy atom. The molecule has 1 aromatic carbocycles. The van der Waals surface area contributed by atoms with Crippen molar-refractivity contribution >= 4 is 23.0 Å². The van der Waals surface area contributed by atoms with Gasteiger partial charge in [-0.05, 0) is 24.6 Å². The van der Waals surface area contributed by atoms with Gasteiger partial charge in [0, 0.05) is 20.1 Å². The first-order chi connectivity index (χ1) is 12.8. The molecule has 1 amide bonds. The predicted molar refractivity (Wildman–Crippen MR) is 86.8 cm³/mol. The number of carbonyl (C=O) groups is 2. The number of methoxy groups -OCH3 is 1. The van der Waals surface area contributed by atoms with Gasteiger partial charge in [0.25, 0.3) is 0 Å². The van der Waals surface area contributed by atoms with Gasteiger partial charge in [-0.25, -0.2) is 26.7 Å². The number of halogens is 5. The quantitative estimate of drug-likeness (QED) is 0.206. The zero-order chi connectivity index (χ0) is 20.4. The van der Waals surface area contributed by atoms with Crippen LogP contribution in [0.5, 0.6) is 0 Å². The zero-order valence-corrected chi connectivity index (χ0v) is 15.2. The summed E-state index contributed by atoms with van der Waals surface area (Å²) in [6, 6.07) is 0. The fourth-order valence-corrected chi connectivity index (χ4v) is 2.70. The lowest BCUT2D eigenvalue weighted by molar-refractivity contribution is -0.111. The fraction of sp³-hybridized carbons (Fsp3) is 0.500. The number of ether oxygens (including phenoxy) is 2. The number of amides is 1. The van der Waals surface area contributed by atoms with Crippen molar-refractivity contribution in [2.45, 2.75) is 30.6 Å². The van der Waals surface area contributed by atoms with Gasteiger partial charge in [-0.2, -0.15) is 0 Å². The molecule has 0 spiro atoms. The van der Waals surface area contributed by atoms with E-state index in [1.807, 2.05) is 0 Å². The molecule has 1 aromatic rings. The molecule has 0 unspecified atom stereocenters. The summed E-state index contributed by atoms with van der Waals surface area (Å²) in [7, 11) is 1.46. The maximum atomic E-state index is 13.5. The number of hydrogen-bond donors (Lipinski definition) is 1. The summed E-state index contributed by atoms with van der Waals surface area (Å²) in [6.45, 7) is 0.687. The van der Waals surface area contributed by atoms with Crippen LogP contribution in [0, 0.1) is 29.1 Å². The van der Waals surface area contributed by atoms with Crippen molar-refractivity contribution in [3.05, 3.63) is 29.1 Å². The van der Waals surface area contributed by atoms with Crippen molar-refractivity contribution in [1.29, 1.82) is 0 Å². The molecule has 1 N–H and O–H groups in total. The first-order valence-corrected chi connectivity index (χ1v) is 8.72. The molecule has 11 heteroatoms. The molecule has 0 aliphatic rings. The Hall–Kier alpha value is -1.88. The molecular formula is C16H18F5NO4S. The van der Waals surface area contributed by atoms with Crippen LogP contribution in [0.3, 0.4) is 0 Å². The summed E-state index contributed by atoms with van der Waals surface area (Å²) < 4.78 is 75.5. The number of carbonyl (C=O) groups excluding carboxylic acids is 2. The van der Waals surface area contributed by atoms with Gasteiger partial charge in [0.05, 0.1) is 11.5 Å². The Balaban J connectivity index is 2.32. The summed E-state index contributed by atoms with van der Waals surface area (Å²) >= 11 is -0.0234. The lowest BCUT2D eigenvalue weighted by Crippen LogP contribution is -2.26. The summed E-state index contributed by atoms with van der Waals surface area (Å²) in [5.74, 6) is -10.5. The third kappa shape index (κ3) is 7.33. The molecule has 0 aliphatic carbocycles. The van der Waals surface area contributed by atoms with Gasteiger partial charge in [0.1, 0.15) is 6.61 Å². The highest BCUT2D eigenvalue weighted by molar-refractivity contribution is 8.13. The van der Waals surface area contributed by atoms with Gasteiger partial charge in [-0.15, -0.1) is 0 Å². The number of hydrogen-bond acceptors (Lipinski definition) is 5. The average Bonchev–Trinajstić information content (AvgIpc) is 2.65. The summed E-state index contributed by atoms with van der Waals surface area (Å²) in [4.78, 5) is 21.7. The van der Waals surface area contributed by atoms with Crippen molar-refractivity contribution in [3.63, 3.8) is 0 Å². The van der Waals surface area contributed by atoms with E-state index >= 15 is 0 Å². The molecule has 0 radical (unpaired) electrons. The summed E-state index contributed by atoms with van der Waals surface area (Å²) in [5, 5.41) is 1.75. The van der Waals surface area contributed by atoms with E-state index in [-0.39, 0.29) is 31.4 Å². The Kier molecular flexibility index (Phi) is 10.1. The van der Waals surface area contributed by atoms with Crippen molar-refractivity contribution in [1.82, 2.24) is 5.32 Å². The third-order valence-corrected chi connectivity index (χ3v) is 4.23. The molecule has 5 nitrogen and oxygen atoms in total. The number of rotatable bonds is 10. The molecule has 0 fully saturated rings. The standard InChI is InChI=1S/C16H18F5NO4S/c1-25-7-8-26-16(24)22-6-4-2-3-5-9(23)27-15-13(20)11(18)10(17)12(19)14(15)21/h2-8H2,1H3,(H,22,24). The molecule has 0 aromatic heterocycles. The normalized spacial score (nSPS) is 10.7.